The first-order valence-corrected chi connectivity index (χ1v) is 7.73. The van der Waals surface area contributed by atoms with Crippen LogP contribution in [0.25, 0.3) is 0 Å². The van der Waals surface area contributed by atoms with Gasteiger partial charge in [0.15, 0.2) is 0 Å². The standard InChI is InChI=1S/C14H24BrN3/c1-10(2)18-12(11(15)9-17-18)13(16)14(3)7-5-4-6-8-14/h9-10,13H,4-8,16H2,1-3H3. The lowest BCUT2D eigenvalue weighted by atomic mass is 9.70. The van der Waals surface area contributed by atoms with Gasteiger partial charge in [0, 0.05) is 6.04 Å². The molecule has 4 heteroatoms. The van der Waals surface area contributed by atoms with Crippen molar-refractivity contribution < 1.29 is 0 Å². The minimum Gasteiger partial charge on any atom is -0.322 e. The molecule has 1 fully saturated rings. The fraction of sp³-hybridized carbons (Fsp3) is 0.786. The predicted octanol–water partition coefficient (Wildman–Crippen LogP) is 4.20. The Bertz CT molecular complexity index is 405. The van der Waals surface area contributed by atoms with Crippen molar-refractivity contribution in [3.8, 4) is 0 Å². The number of aromatic nitrogens is 2. The van der Waals surface area contributed by atoms with Gasteiger partial charge in [-0.3, -0.25) is 4.68 Å². The number of nitrogens with two attached hydrogens (primary N) is 1. The van der Waals surface area contributed by atoms with E-state index in [1.165, 1.54) is 32.1 Å². The van der Waals surface area contributed by atoms with E-state index in [4.69, 9.17) is 5.73 Å². The Morgan fingerprint density at radius 1 is 1.33 bits per heavy atom. The van der Waals surface area contributed by atoms with Crippen LogP contribution in [0.1, 0.15) is 70.7 Å². The van der Waals surface area contributed by atoms with Crippen LogP contribution in [-0.2, 0) is 0 Å². The lowest BCUT2D eigenvalue weighted by molar-refractivity contribution is 0.162. The van der Waals surface area contributed by atoms with E-state index < -0.39 is 0 Å². The van der Waals surface area contributed by atoms with Crippen molar-refractivity contribution in [1.82, 2.24) is 9.78 Å². The van der Waals surface area contributed by atoms with E-state index in [0.717, 1.165) is 10.2 Å². The van der Waals surface area contributed by atoms with Crippen LogP contribution in [0.15, 0.2) is 10.7 Å². The van der Waals surface area contributed by atoms with E-state index in [1.807, 2.05) is 6.20 Å². The van der Waals surface area contributed by atoms with Crippen molar-refractivity contribution >= 4 is 15.9 Å². The molecule has 18 heavy (non-hydrogen) atoms. The smallest absolute Gasteiger partial charge is 0.0702 e. The molecule has 0 spiro atoms. The SMILES string of the molecule is CC(C)n1ncc(Br)c1C(N)C1(C)CCCCC1. The Morgan fingerprint density at radius 3 is 2.50 bits per heavy atom. The maximum Gasteiger partial charge on any atom is 0.0702 e. The average Bonchev–Trinajstić information content (AvgIpc) is 2.71. The molecule has 0 aliphatic heterocycles. The molecule has 0 saturated heterocycles. The van der Waals surface area contributed by atoms with Gasteiger partial charge in [0.05, 0.1) is 22.4 Å². The summed E-state index contributed by atoms with van der Waals surface area (Å²) in [5.74, 6) is 0. The summed E-state index contributed by atoms with van der Waals surface area (Å²) in [4.78, 5) is 0. The lowest BCUT2D eigenvalue weighted by Gasteiger charge is -2.39. The number of rotatable bonds is 3. The van der Waals surface area contributed by atoms with Crippen molar-refractivity contribution in [3.05, 3.63) is 16.4 Å². The zero-order valence-electron chi connectivity index (χ0n) is 11.6. The normalized spacial score (nSPS) is 21.2. The van der Waals surface area contributed by atoms with Gasteiger partial charge in [0.25, 0.3) is 0 Å². The van der Waals surface area contributed by atoms with Crippen LogP contribution in [0.4, 0.5) is 0 Å². The molecule has 3 nitrogen and oxygen atoms in total. The zero-order chi connectivity index (χ0) is 13.3. The molecule has 0 amide bonds. The van der Waals surface area contributed by atoms with Crippen LogP contribution < -0.4 is 5.73 Å². The number of halogens is 1. The van der Waals surface area contributed by atoms with Gasteiger partial charge in [-0.05, 0) is 48.0 Å². The van der Waals surface area contributed by atoms with Crippen molar-refractivity contribution in [3.63, 3.8) is 0 Å². The van der Waals surface area contributed by atoms with E-state index in [-0.39, 0.29) is 11.5 Å². The molecule has 1 heterocycles. The predicted molar refractivity (Wildman–Crippen MR) is 78.4 cm³/mol. The van der Waals surface area contributed by atoms with Gasteiger partial charge in [-0.15, -0.1) is 0 Å². The Kier molecular flexibility index (Phi) is 4.17. The Morgan fingerprint density at radius 2 is 1.94 bits per heavy atom. The zero-order valence-corrected chi connectivity index (χ0v) is 13.2. The maximum atomic E-state index is 6.60. The molecule has 1 saturated carbocycles. The Hall–Kier alpha value is -0.350. The first-order chi connectivity index (χ1) is 8.46. The maximum absolute atomic E-state index is 6.60. The quantitative estimate of drug-likeness (QED) is 0.909. The molecule has 1 aromatic rings. The van der Waals surface area contributed by atoms with Gasteiger partial charge in [0.1, 0.15) is 0 Å². The van der Waals surface area contributed by atoms with Crippen LogP contribution in [0.2, 0.25) is 0 Å². The van der Waals surface area contributed by atoms with Crippen LogP contribution in [0.5, 0.6) is 0 Å². The number of hydrogen-bond donors (Lipinski definition) is 1. The third-order valence-corrected chi connectivity index (χ3v) is 4.93. The highest BCUT2D eigenvalue weighted by Crippen LogP contribution is 2.46. The molecular formula is C14H24BrN3. The third-order valence-electron chi connectivity index (χ3n) is 4.32. The highest BCUT2D eigenvalue weighted by atomic mass is 79.9. The van der Waals surface area contributed by atoms with E-state index in [9.17, 15) is 0 Å². The summed E-state index contributed by atoms with van der Waals surface area (Å²) in [5.41, 5.74) is 7.97. The Balaban J connectivity index is 2.32. The van der Waals surface area contributed by atoms with Crippen LogP contribution in [-0.4, -0.2) is 9.78 Å². The van der Waals surface area contributed by atoms with Crippen molar-refractivity contribution in [2.24, 2.45) is 11.1 Å². The van der Waals surface area contributed by atoms with Gasteiger partial charge in [-0.25, -0.2) is 0 Å². The molecular weight excluding hydrogens is 290 g/mol. The average molecular weight is 314 g/mol. The van der Waals surface area contributed by atoms with E-state index in [1.54, 1.807) is 0 Å². The Labute approximate surface area is 118 Å². The van der Waals surface area contributed by atoms with Crippen molar-refractivity contribution in [2.45, 2.75) is 65.0 Å². The molecule has 2 N–H and O–H groups in total. The first-order valence-electron chi connectivity index (χ1n) is 6.94. The van der Waals surface area contributed by atoms with Crippen LogP contribution in [0, 0.1) is 5.41 Å². The lowest BCUT2D eigenvalue weighted by Crippen LogP contribution is -2.35. The summed E-state index contributed by atoms with van der Waals surface area (Å²) < 4.78 is 3.12. The second-order valence-corrected chi connectivity index (χ2v) is 6.96. The van der Waals surface area contributed by atoms with E-state index in [2.05, 4.69) is 46.5 Å². The van der Waals surface area contributed by atoms with Crippen LogP contribution >= 0.6 is 15.9 Å². The molecule has 1 aliphatic carbocycles. The summed E-state index contributed by atoms with van der Waals surface area (Å²) >= 11 is 3.61. The second kappa shape index (κ2) is 5.33. The highest BCUT2D eigenvalue weighted by molar-refractivity contribution is 9.10. The molecule has 102 valence electrons. The van der Waals surface area contributed by atoms with Gasteiger partial charge in [-0.2, -0.15) is 5.10 Å². The molecule has 1 aliphatic rings. The first kappa shape index (κ1) is 14.1. The highest BCUT2D eigenvalue weighted by Gasteiger charge is 2.37. The van der Waals surface area contributed by atoms with Gasteiger partial charge in [0.2, 0.25) is 0 Å². The molecule has 2 rings (SSSR count). The minimum absolute atomic E-state index is 0.0667. The third kappa shape index (κ3) is 2.50. The summed E-state index contributed by atoms with van der Waals surface area (Å²) in [5, 5.41) is 4.45. The minimum atomic E-state index is 0.0667. The molecule has 0 bridgehead atoms. The summed E-state index contributed by atoms with van der Waals surface area (Å²) in [6, 6.07) is 0.418. The summed E-state index contributed by atoms with van der Waals surface area (Å²) in [7, 11) is 0. The van der Waals surface area contributed by atoms with Crippen molar-refractivity contribution in [1.29, 1.82) is 0 Å². The molecule has 0 radical (unpaired) electrons. The molecule has 1 unspecified atom stereocenters. The van der Waals surface area contributed by atoms with Gasteiger partial charge in [-0.1, -0.05) is 26.2 Å². The molecule has 1 atom stereocenters. The number of hydrogen-bond acceptors (Lipinski definition) is 2. The topological polar surface area (TPSA) is 43.8 Å². The monoisotopic (exact) mass is 313 g/mol. The van der Waals surface area contributed by atoms with Crippen molar-refractivity contribution in [2.75, 3.05) is 0 Å². The van der Waals surface area contributed by atoms with Gasteiger partial charge < -0.3 is 5.73 Å². The van der Waals surface area contributed by atoms with Crippen LogP contribution in [0.3, 0.4) is 0 Å². The largest absolute Gasteiger partial charge is 0.322 e. The second-order valence-electron chi connectivity index (χ2n) is 6.11. The van der Waals surface area contributed by atoms with E-state index in [0.29, 0.717) is 6.04 Å². The fourth-order valence-corrected chi connectivity index (χ4v) is 3.57. The molecule has 0 aromatic carbocycles. The molecule has 1 aromatic heterocycles. The number of nitrogens with zero attached hydrogens (tertiary/aromatic N) is 2. The summed E-state index contributed by atoms with van der Waals surface area (Å²) in [6.45, 7) is 6.64. The van der Waals surface area contributed by atoms with E-state index >= 15 is 0 Å². The fourth-order valence-electron chi connectivity index (χ4n) is 3.05. The summed E-state index contributed by atoms with van der Waals surface area (Å²) in [6.07, 6.45) is 8.29. The van der Waals surface area contributed by atoms with Gasteiger partial charge >= 0.3 is 0 Å².